The van der Waals surface area contributed by atoms with E-state index in [4.69, 9.17) is 10.5 Å². The van der Waals surface area contributed by atoms with Crippen molar-refractivity contribution in [2.75, 3.05) is 0 Å². The monoisotopic (exact) mass is 293 g/mol. The number of halogens is 2. The Kier molecular flexibility index (Phi) is 4.63. The molecule has 1 fully saturated rings. The molecule has 0 spiro atoms. The maximum Gasteiger partial charge on any atom is 0.165 e. The summed E-state index contributed by atoms with van der Waals surface area (Å²) in [5, 5.41) is 0. The Labute approximate surface area is 124 Å². The van der Waals surface area contributed by atoms with Crippen LogP contribution < -0.4 is 10.5 Å². The zero-order valence-electron chi connectivity index (χ0n) is 11.0. The first-order valence-corrected chi connectivity index (χ1v) is 6.46. The van der Waals surface area contributed by atoms with Gasteiger partial charge in [0, 0.05) is 12.0 Å². The number of ether oxygens (including phenoxy) is 1. The average Bonchev–Trinajstić information content (AvgIpc) is 3.16. The van der Waals surface area contributed by atoms with Crippen LogP contribution in [0.15, 0.2) is 48.5 Å². The fourth-order valence-corrected chi connectivity index (χ4v) is 2.20. The standard InChI is InChI=1S/C16H16FNO.ClH/c17-14-8-12(13-9-15(13)18)6-7-16(14)19-10-11-4-2-1-3-5-11;/h1-8,13,15H,9-10,18H2;1H. The van der Waals surface area contributed by atoms with Crippen molar-refractivity contribution >= 4 is 12.4 Å². The maximum atomic E-state index is 13.9. The van der Waals surface area contributed by atoms with Gasteiger partial charge in [-0.3, -0.25) is 0 Å². The Morgan fingerprint density at radius 2 is 1.85 bits per heavy atom. The van der Waals surface area contributed by atoms with E-state index in [-0.39, 0.29) is 24.3 Å². The van der Waals surface area contributed by atoms with Crippen LogP contribution in [0.2, 0.25) is 0 Å². The highest BCUT2D eigenvalue weighted by Crippen LogP contribution is 2.40. The van der Waals surface area contributed by atoms with Gasteiger partial charge in [-0.1, -0.05) is 36.4 Å². The summed E-state index contributed by atoms with van der Waals surface area (Å²) in [6, 6.07) is 15.1. The van der Waals surface area contributed by atoms with E-state index in [1.807, 2.05) is 36.4 Å². The fourth-order valence-electron chi connectivity index (χ4n) is 2.20. The van der Waals surface area contributed by atoms with Crippen molar-refractivity contribution in [2.45, 2.75) is 25.0 Å². The van der Waals surface area contributed by atoms with Crippen molar-refractivity contribution in [3.8, 4) is 5.75 Å². The molecule has 4 heteroatoms. The van der Waals surface area contributed by atoms with E-state index in [9.17, 15) is 4.39 Å². The largest absolute Gasteiger partial charge is 0.486 e. The van der Waals surface area contributed by atoms with Gasteiger partial charge >= 0.3 is 0 Å². The molecule has 0 bridgehead atoms. The summed E-state index contributed by atoms with van der Waals surface area (Å²) in [6.45, 7) is 0.375. The molecule has 2 aromatic carbocycles. The minimum absolute atomic E-state index is 0. The van der Waals surface area contributed by atoms with Crippen LogP contribution in [0.3, 0.4) is 0 Å². The van der Waals surface area contributed by atoms with E-state index < -0.39 is 0 Å². The van der Waals surface area contributed by atoms with Crippen LogP contribution in [0.5, 0.6) is 5.75 Å². The molecule has 0 heterocycles. The fraction of sp³-hybridized carbons (Fsp3) is 0.250. The molecule has 1 aliphatic carbocycles. The molecule has 1 aliphatic rings. The van der Waals surface area contributed by atoms with Gasteiger partial charge in [0.05, 0.1) is 0 Å². The number of hydrogen-bond acceptors (Lipinski definition) is 2. The van der Waals surface area contributed by atoms with Gasteiger partial charge in [0.1, 0.15) is 6.61 Å². The van der Waals surface area contributed by atoms with Gasteiger partial charge in [-0.25, -0.2) is 4.39 Å². The summed E-state index contributed by atoms with van der Waals surface area (Å²) in [5.41, 5.74) is 7.76. The Morgan fingerprint density at radius 1 is 1.15 bits per heavy atom. The van der Waals surface area contributed by atoms with Crippen molar-refractivity contribution in [1.82, 2.24) is 0 Å². The lowest BCUT2D eigenvalue weighted by molar-refractivity contribution is 0.290. The van der Waals surface area contributed by atoms with Crippen LogP contribution in [0.1, 0.15) is 23.5 Å². The van der Waals surface area contributed by atoms with Crippen molar-refractivity contribution in [3.63, 3.8) is 0 Å². The average molecular weight is 294 g/mol. The highest BCUT2D eigenvalue weighted by atomic mass is 35.5. The Morgan fingerprint density at radius 3 is 2.45 bits per heavy atom. The van der Waals surface area contributed by atoms with Gasteiger partial charge in [-0.15, -0.1) is 12.4 Å². The molecule has 20 heavy (non-hydrogen) atoms. The van der Waals surface area contributed by atoms with E-state index in [1.54, 1.807) is 6.07 Å². The molecule has 2 unspecified atom stereocenters. The second kappa shape index (κ2) is 6.25. The summed E-state index contributed by atoms with van der Waals surface area (Å²) in [7, 11) is 0. The summed E-state index contributed by atoms with van der Waals surface area (Å²) < 4.78 is 19.4. The molecule has 0 amide bonds. The lowest BCUT2D eigenvalue weighted by atomic mass is 10.1. The van der Waals surface area contributed by atoms with Crippen LogP contribution in [0.25, 0.3) is 0 Å². The first kappa shape index (κ1) is 14.8. The molecular weight excluding hydrogens is 277 g/mol. The third-order valence-corrected chi connectivity index (χ3v) is 3.46. The first-order chi connectivity index (χ1) is 9.24. The zero-order valence-corrected chi connectivity index (χ0v) is 11.8. The molecule has 0 radical (unpaired) electrons. The highest BCUT2D eigenvalue weighted by Gasteiger charge is 2.35. The van der Waals surface area contributed by atoms with Gasteiger partial charge in [0.15, 0.2) is 11.6 Å². The van der Waals surface area contributed by atoms with Gasteiger partial charge in [-0.05, 0) is 29.7 Å². The molecule has 1 saturated carbocycles. The van der Waals surface area contributed by atoms with Crippen LogP contribution in [0, 0.1) is 5.82 Å². The van der Waals surface area contributed by atoms with E-state index in [0.717, 1.165) is 17.5 Å². The molecule has 2 nitrogen and oxygen atoms in total. The van der Waals surface area contributed by atoms with E-state index in [2.05, 4.69) is 0 Å². The smallest absolute Gasteiger partial charge is 0.165 e. The Bertz CT molecular complexity index is 576. The molecule has 2 aromatic rings. The Hall–Kier alpha value is -1.58. The lowest BCUT2D eigenvalue weighted by Crippen LogP contribution is -2.02. The topological polar surface area (TPSA) is 35.2 Å². The molecule has 2 atom stereocenters. The van der Waals surface area contributed by atoms with Crippen LogP contribution in [0.4, 0.5) is 4.39 Å². The van der Waals surface area contributed by atoms with Crippen molar-refractivity contribution in [2.24, 2.45) is 5.73 Å². The number of nitrogens with two attached hydrogens (primary N) is 1. The predicted octanol–water partition coefficient (Wildman–Crippen LogP) is 3.64. The SMILES string of the molecule is Cl.NC1CC1c1ccc(OCc2ccccc2)c(F)c1. The second-order valence-corrected chi connectivity index (χ2v) is 4.97. The third kappa shape index (κ3) is 3.30. The molecule has 3 rings (SSSR count). The number of rotatable bonds is 4. The number of hydrogen-bond donors (Lipinski definition) is 1. The summed E-state index contributed by atoms with van der Waals surface area (Å²) in [4.78, 5) is 0. The van der Waals surface area contributed by atoms with Crippen LogP contribution in [-0.4, -0.2) is 6.04 Å². The molecule has 2 N–H and O–H groups in total. The predicted molar refractivity (Wildman–Crippen MR) is 79.8 cm³/mol. The zero-order chi connectivity index (χ0) is 13.2. The Balaban J connectivity index is 0.00000147. The van der Waals surface area contributed by atoms with E-state index >= 15 is 0 Å². The van der Waals surface area contributed by atoms with Crippen molar-refractivity contribution < 1.29 is 9.13 Å². The molecule has 0 saturated heterocycles. The summed E-state index contributed by atoms with van der Waals surface area (Å²) in [6.07, 6.45) is 0.948. The highest BCUT2D eigenvalue weighted by molar-refractivity contribution is 5.85. The van der Waals surface area contributed by atoms with Gasteiger partial charge in [-0.2, -0.15) is 0 Å². The normalized spacial score (nSPS) is 20.1. The van der Waals surface area contributed by atoms with Crippen molar-refractivity contribution in [1.29, 1.82) is 0 Å². The van der Waals surface area contributed by atoms with Crippen LogP contribution >= 0.6 is 12.4 Å². The van der Waals surface area contributed by atoms with E-state index in [1.165, 1.54) is 6.07 Å². The van der Waals surface area contributed by atoms with Crippen molar-refractivity contribution in [3.05, 3.63) is 65.5 Å². The van der Waals surface area contributed by atoms with E-state index in [0.29, 0.717) is 18.3 Å². The molecule has 0 aromatic heterocycles. The minimum Gasteiger partial charge on any atom is -0.486 e. The molecule has 106 valence electrons. The lowest BCUT2D eigenvalue weighted by Gasteiger charge is -2.08. The summed E-state index contributed by atoms with van der Waals surface area (Å²) in [5.74, 6) is 0.298. The molecular formula is C16H17ClFNO. The van der Waals surface area contributed by atoms with Gasteiger partial charge in [0.2, 0.25) is 0 Å². The minimum atomic E-state index is -0.312. The third-order valence-electron chi connectivity index (χ3n) is 3.46. The van der Waals surface area contributed by atoms with Crippen LogP contribution in [-0.2, 0) is 6.61 Å². The first-order valence-electron chi connectivity index (χ1n) is 6.46. The summed E-state index contributed by atoms with van der Waals surface area (Å²) >= 11 is 0. The van der Waals surface area contributed by atoms with Gasteiger partial charge in [0.25, 0.3) is 0 Å². The molecule has 0 aliphatic heterocycles. The van der Waals surface area contributed by atoms with Gasteiger partial charge < -0.3 is 10.5 Å². The second-order valence-electron chi connectivity index (χ2n) is 4.97. The number of benzene rings is 2. The quantitative estimate of drug-likeness (QED) is 0.934. The maximum absolute atomic E-state index is 13.9.